The van der Waals surface area contributed by atoms with Gasteiger partial charge in [0.1, 0.15) is 5.82 Å². The fraction of sp³-hybridized carbons (Fsp3) is 0.214. The van der Waals surface area contributed by atoms with Crippen LogP contribution in [0.15, 0.2) is 30.5 Å². The summed E-state index contributed by atoms with van der Waals surface area (Å²) in [5, 5.41) is 6.27. The minimum Gasteiger partial charge on any atom is -0.370 e. The summed E-state index contributed by atoms with van der Waals surface area (Å²) < 4.78 is 13.3. The summed E-state index contributed by atoms with van der Waals surface area (Å²) in [6.07, 6.45) is 2.70. The molecule has 0 saturated heterocycles. The largest absolute Gasteiger partial charge is 0.370 e. The third-order valence-corrected chi connectivity index (χ3v) is 3.14. The number of benzene rings is 1. The molecular formula is C14H14Cl2FN3. The molecule has 0 spiro atoms. The van der Waals surface area contributed by atoms with Crippen molar-refractivity contribution in [1.82, 2.24) is 4.98 Å². The van der Waals surface area contributed by atoms with Crippen LogP contribution in [0.1, 0.15) is 13.3 Å². The van der Waals surface area contributed by atoms with Gasteiger partial charge in [-0.2, -0.15) is 0 Å². The van der Waals surface area contributed by atoms with Crippen LogP contribution in [0.3, 0.4) is 0 Å². The minimum atomic E-state index is -0.612. The van der Waals surface area contributed by atoms with Crippen LogP contribution in [0.4, 0.5) is 21.6 Å². The maximum Gasteiger partial charge on any atom is 0.160 e. The molecule has 0 radical (unpaired) electrons. The van der Waals surface area contributed by atoms with Gasteiger partial charge < -0.3 is 10.6 Å². The van der Waals surface area contributed by atoms with Crippen molar-refractivity contribution in [2.75, 3.05) is 17.2 Å². The summed E-state index contributed by atoms with van der Waals surface area (Å²) >= 11 is 11.5. The van der Waals surface area contributed by atoms with Crippen LogP contribution in [-0.4, -0.2) is 11.5 Å². The first-order chi connectivity index (χ1) is 9.60. The van der Waals surface area contributed by atoms with Crippen LogP contribution < -0.4 is 10.6 Å². The zero-order valence-corrected chi connectivity index (χ0v) is 12.4. The molecule has 0 amide bonds. The topological polar surface area (TPSA) is 37.0 Å². The number of aromatic nitrogens is 1. The van der Waals surface area contributed by atoms with Gasteiger partial charge in [0.05, 0.1) is 10.0 Å². The Hall–Kier alpha value is -1.52. The highest BCUT2D eigenvalue weighted by atomic mass is 35.5. The van der Waals surface area contributed by atoms with Crippen molar-refractivity contribution in [2.24, 2.45) is 0 Å². The number of anilines is 3. The molecular weight excluding hydrogens is 300 g/mol. The molecule has 1 heterocycles. The highest BCUT2D eigenvalue weighted by Crippen LogP contribution is 2.29. The van der Waals surface area contributed by atoms with Gasteiger partial charge in [-0.1, -0.05) is 30.1 Å². The Morgan fingerprint density at radius 2 is 1.85 bits per heavy atom. The minimum absolute atomic E-state index is 0.0154. The summed E-state index contributed by atoms with van der Waals surface area (Å²) in [7, 11) is 0. The van der Waals surface area contributed by atoms with Crippen LogP contribution in [0.25, 0.3) is 0 Å². The Morgan fingerprint density at radius 1 is 1.15 bits per heavy atom. The van der Waals surface area contributed by atoms with Crippen LogP contribution in [-0.2, 0) is 0 Å². The summed E-state index contributed by atoms with van der Waals surface area (Å²) in [5.74, 6) is 0.162. The number of rotatable bonds is 5. The van der Waals surface area contributed by atoms with Gasteiger partial charge in [0.25, 0.3) is 0 Å². The molecule has 2 N–H and O–H groups in total. The second kappa shape index (κ2) is 6.77. The van der Waals surface area contributed by atoms with E-state index in [2.05, 4.69) is 22.5 Å². The summed E-state index contributed by atoms with van der Waals surface area (Å²) in [6, 6.07) is 6.65. The van der Waals surface area contributed by atoms with Crippen molar-refractivity contribution in [3.8, 4) is 0 Å². The fourth-order valence-electron chi connectivity index (χ4n) is 1.65. The van der Waals surface area contributed by atoms with Gasteiger partial charge in [-0.15, -0.1) is 0 Å². The van der Waals surface area contributed by atoms with E-state index in [0.29, 0.717) is 5.69 Å². The second-order valence-corrected chi connectivity index (χ2v) is 5.05. The van der Waals surface area contributed by atoms with Gasteiger partial charge in [0, 0.05) is 30.2 Å². The van der Waals surface area contributed by atoms with Gasteiger partial charge in [0.15, 0.2) is 5.82 Å². The number of halogens is 3. The molecule has 106 valence electrons. The zero-order chi connectivity index (χ0) is 14.5. The smallest absolute Gasteiger partial charge is 0.160 e. The monoisotopic (exact) mass is 313 g/mol. The summed E-state index contributed by atoms with van der Waals surface area (Å²) in [4.78, 5) is 4.20. The summed E-state index contributed by atoms with van der Waals surface area (Å²) in [5.41, 5.74) is 1.44. The van der Waals surface area contributed by atoms with Gasteiger partial charge in [-0.3, -0.25) is 0 Å². The molecule has 0 aliphatic rings. The standard InChI is InChI=1S/C14H14Cl2FN3/c1-2-4-18-13-8-9(3-5-19-13)20-10-6-11(15)14(17)12(16)7-10/h3,5-8H,2,4H2,1H3,(H2,18,19,20). The van der Waals surface area contributed by atoms with Crippen molar-refractivity contribution < 1.29 is 4.39 Å². The number of pyridine rings is 1. The zero-order valence-electron chi connectivity index (χ0n) is 10.9. The Balaban J connectivity index is 2.17. The molecule has 3 nitrogen and oxygen atoms in total. The Labute approximate surface area is 127 Å². The third kappa shape index (κ3) is 3.74. The molecule has 0 bridgehead atoms. The predicted molar refractivity (Wildman–Crippen MR) is 82.7 cm³/mol. The Kier molecular flexibility index (Phi) is 5.04. The molecule has 2 rings (SSSR count). The van der Waals surface area contributed by atoms with Gasteiger partial charge in [-0.05, 0) is 24.6 Å². The van der Waals surface area contributed by atoms with E-state index < -0.39 is 5.82 Å². The number of hydrogen-bond donors (Lipinski definition) is 2. The predicted octanol–water partition coefficient (Wildman–Crippen LogP) is 5.09. The second-order valence-electron chi connectivity index (χ2n) is 4.24. The normalized spacial score (nSPS) is 10.4. The van der Waals surface area contributed by atoms with Crippen molar-refractivity contribution in [2.45, 2.75) is 13.3 Å². The van der Waals surface area contributed by atoms with Crippen molar-refractivity contribution in [3.63, 3.8) is 0 Å². The van der Waals surface area contributed by atoms with E-state index in [1.54, 1.807) is 6.20 Å². The average molecular weight is 314 g/mol. The highest BCUT2D eigenvalue weighted by Gasteiger charge is 2.08. The number of nitrogens with one attached hydrogen (secondary N) is 2. The molecule has 0 aliphatic heterocycles. The van der Waals surface area contributed by atoms with E-state index >= 15 is 0 Å². The average Bonchev–Trinajstić information content (AvgIpc) is 2.43. The lowest BCUT2D eigenvalue weighted by molar-refractivity contribution is 0.629. The Bertz CT molecular complexity index is 582. The van der Waals surface area contributed by atoms with E-state index in [4.69, 9.17) is 23.2 Å². The quantitative estimate of drug-likeness (QED) is 0.755. The van der Waals surface area contributed by atoms with Crippen LogP contribution >= 0.6 is 23.2 Å². The van der Waals surface area contributed by atoms with Crippen LogP contribution in [0.5, 0.6) is 0 Å². The van der Waals surface area contributed by atoms with Crippen molar-refractivity contribution >= 4 is 40.4 Å². The molecule has 1 aromatic carbocycles. The van der Waals surface area contributed by atoms with Crippen molar-refractivity contribution in [1.29, 1.82) is 0 Å². The van der Waals surface area contributed by atoms with Gasteiger partial charge in [-0.25, -0.2) is 9.37 Å². The van der Waals surface area contributed by atoms with E-state index in [-0.39, 0.29) is 10.0 Å². The lowest BCUT2D eigenvalue weighted by Crippen LogP contribution is -2.02. The van der Waals surface area contributed by atoms with Gasteiger partial charge >= 0.3 is 0 Å². The number of hydrogen-bond acceptors (Lipinski definition) is 3. The third-order valence-electron chi connectivity index (χ3n) is 2.59. The maximum atomic E-state index is 13.3. The molecule has 6 heteroatoms. The molecule has 0 fully saturated rings. The van der Waals surface area contributed by atoms with E-state index in [1.807, 2.05) is 12.1 Å². The first-order valence-corrected chi connectivity index (χ1v) is 6.97. The molecule has 20 heavy (non-hydrogen) atoms. The maximum absolute atomic E-state index is 13.3. The SMILES string of the molecule is CCCNc1cc(Nc2cc(Cl)c(F)c(Cl)c2)ccn1. The van der Waals surface area contributed by atoms with Crippen LogP contribution in [0.2, 0.25) is 10.0 Å². The lowest BCUT2D eigenvalue weighted by Gasteiger charge is -2.10. The lowest BCUT2D eigenvalue weighted by atomic mass is 10.3. The molecule has 1 aromatic heterocycles. The van der Waals surface area contributed by atoms with E-state index in [1.165, 1.54) is 12.1 Å². The number of nitrogens with zero attached hydrogens (tertiary/aromatic N) is 1. The van der Waals surface area contributed by atoms with Crippen molar-refractivity contribution in [3.05, 3.63) is 46.3 Å². The van der Waals surface area contributed by atoms with Crippen LogP contribution in [0, 0.1) is 5.82 Å². The molecule has 0 atom stereocenters. The first-order valence-electron chi connectivity index (χ1n) is 6.21. The van der Waals surface area contributed by atoms with Gasteiger partial charge in [0.2, 0.25) is 0 Å². The summed E-state index contributed by atoms with van der Waals surface area (Å²) in [6.45, 7) is 2.93. The van der Waals surface area contributed by atoms with E-state index in [0.717, 1.165) is 24.5 Å². The fourth-order valence-corrected chi connectivity index (χ4v) is 2.14. The molecule has 0 unspecified atom stereocenters. The molecule has 0 saturated carbocycles. The molecule has 0 aliphatic carbocycles. The first kappa shape index (κ1) is 14.9. The Morgan fingerprint density at radius 3 is 2.50 bits per heavy atom. The molecule has 2 aromatic rings. The van der Waals surface area contributed by atoms with E-state index in [9.17, 15) is 4.39 Å². The highest BCUT2D eigenvalue weighted by molar-refractivity contribution is 6.35.